The van der Waals surface area contributed by atoms with Crippen molar-refractivity contribution in [2.24, 2.45) is 0 Å². The second-order valence-corrected chi connectivity index (χ2v) is 7.19. The number of aldehydes is 1. The predicted octanol–water partition coefficient (Wildman–Crippen LogP) is 6.94. The first-order valence-corrected chi connectivity index (χ1v) is 9.86. The largest absolute Gasteiger partial charge is 0.298 e. The number of nitrogens with zero attached hydrogens (tertiary/aromatic N) is 2. The van der Waals surface area contributed by atoms with E-state index in [1.54, 1.807) is 6.92 Å². The molecular formula is C22H17Cl3N2O. The Labute approximate surface area is 178 Å². The molecule has 142 valence electrons. The lowest BCUT2D eigenvalue weighted by molar-refractivity contribution is 0.112. The maximum Gasteiger partial charge on any atom is 0.152 e. The topological polar surface area (TPSA) is 42.9 Å². The van der Waals surface area contributed by atoms with Crippen molar-refractivity contribution < 1.29 is 4.79 Å². The molecule has 0 aliphatic carbocycles. The number of hydrogen-bond donors (Lipinski definition) is 0. The molecule has 2 heterocycles. The summed E-state index contributed by atoms with van der Waals surface area (Å²) in [5.74, 6) is 0.469. The van der Waals surface area contributed by atoms with Crippen molar-refractivity contribution in [3.63, 3.8) is 0 Å². The van der Waals surface area contributed by atoms with Crippen molar-refractivity contribution in [3.05, 3.63) is 81.4 Å². The monoisotopic (exact) mass is 430 g/mol. The van der Waals surface area contributed by atoms with Crippen LogP contribution in [0.15, 0.2) is 48.5 Å². The van der Waals surface area contributed by atoms with Gasteiger partial charge in [-0.25, -0.2) is 9.97 Å². The Morgan fingerprint density at radius 1 is 0.786 bits per heavy atom. The molecule has 28 heavy (non-hydrogen) atoms. The minimum absolute atomic E-state index is 0.448. The molecule has 0 atom stereocenters. The van der Waals surface area contributed by atoms with Gasteiger partial charge in [-0.1, -0.05) is 71.7 Å². The number of aromatic nitrogens is 2. The van der Waals surface area contributed by atoms with E-state index in [2.05, 4.69) is 9.97 Å². The van der Waals surface area contributed by atoms with E-state index >= 15 is 0 Å². The summed E-state index contributed by atoms with van der Waals surface area (Å²) in [4.78, 5) is 19.2. The number of pyridine rings is 2. The second-order valence-electron chi connectivity index (χ2n) is 6.21. The van der Waals surface area contributed by atoms with Crippen LogP contribution in [-0.2, 0) is 5.88 Å². The van der Waals surface area contributed by atoms with Gasteiger partial charge in [-0.15, -0.1) is 11.6 Å². The van der Waals surface area contributed by atoms with Crippen molar-refractivity contribution >= 4 is 62.6 Å². The third kappa shape index (κ3) is 3.97. The van der Waals surface area contributed by atoms with E-state index in [0.717, 1.165) is 39.1 Å². The molecule has 0 saturated heterocycles. The zero-order chi connectivity index (χ0) is 20.3. The van der Waals surface area contributed by atoms with Gasteiger partial charge in [-0.2, -0.15) is 0 Å². The maximum atomic E-state index is 10.9. The van der Waals surface area contributed by atoms with Gasteiger partial charge >= 0.3 is 0 Å². The maximum absolute atomic E-state index is 10.9. The van der Waals surface area contributed by atoms with Crippen molar-refractivity contribution in [2.75, 3.05) is 0 Å². The summed E-state index contributed by atoms with van der Waals surface area (Å²) in [6.45, 7) is 3.71. The van der Waals surface area contributed by atoms with Crippen molar-refractivity contribution in [2.45, 2.75) is 19.7 Å². The van der Waals surface area contributed by atoms with Crippen molar-refractivity contribution in [1.29, 1.82) is 0 Å². The smallest absolute Gasteiger partial charge is 0.152 e. The molecule has 0 amide bonds. The molecule has 0 aliphatic heterocycles. The Kier molecular flexibility index (Phi) is 6.50. The number of halogens is 3. The number of rotatable bonds is 2. The van der Waals surface area contributed by atoms with Gasteiger partial charge in [0.15, 0.2) is 6.29 Å². The average Bonchev–Trinajstić information content (AvgIpc) is 2.69. The van der Waals surface area contributed by atoms with E-state index in [1.807, 2.05) is 55.5 Å². The summed E-state index contributed by atoms with van der Waals surface area (Å²) < 4.78 is 0. The summed E-state index contributed by atoms with van der Waals surface area (Å²) in [5, 5.41) is 4.74. The average molecular weight is 432 g/mol. The Balaban J connectivity index is 0.000000161. The van der Waals surface area contributed by atoms with Gasteiger partial charge in [0.2, 0.25) is 0 Å². The number of fused-ring (bicyclic) bond motifs is 2. The lowest BCUT2D eigenvalue weighted by Crippen LogP contribution is -1.93. The molecule has 0 fully saturated rings. The van der Waals surface area contributed by atoms with Crippen LogP contribution in [0, 0.1) is 13.8 Å². The summed E-state index contributed by atoms with van der Waals surface area (Å²) >= 11 is 17.9. The molecule has 3 nitrogen and oxygen atoms in total. The Hall–Kier alpha value is -2.20. The van der Waals surface area contributed by atoms with E-state index in [-0.39, 0.29) is 0 Å². The third-order valence-corrected chi connectivity index (χ3v) is 5.37. The van der Waals surface area contributed by atoms with Crippen LogP contribution in [0.1, 0.15) is 27.3 Å². The molecular weight excluding hydrogens is 415 g/mol. The highest BCUT2D eigenvalue weighted by atomic mass is 35.5. The number of benzene rings is 2. The molecule has 0 radical (unpaired) electrons. The summed E-state index contributed by atoms with van der Waals surface area (Å²) in [6.07, 6.45) is 0.820. The third-order valence-electron chi connectivity index (χ3n) is 4.52. The molecule has 4 aromatic rings. The fourth-order valence-corrected chi connectivity index (χ4v) is 3.99. The first-order chi connectivity index (χ1) is 13.5. The van der Waals surface area contributed by atoms with Crippen LogP contribution in [0.4, 0.5) is 0 Å². The molecule has 0 saturated carbocycles. The molecule has 0 unspecified atom stereocenters. The Morgan fingerprint density at radius 2 is 1.25 bits per heavy atom. The minimum Gasteiger partial charge on any atom is -0.298 e. The fourth-order valence-electron chi connectivity index (χ4n) is 3.07. The molecule has 6 heteroatoms. The van der Waals surface area contributed by atoms with Crippen molar-refractivity contribution in [3.8, 4) is 0 Å². The van der Waals surface area contributed by atoms with Crippen molar-refractivity contribution in [1.82, 2.24) is 9.97 Å². The molecule has 0 aliphatic rings. The van der Waals surface area contributed by atoms with Gasteiger partial charge in [0.25, 0.3) is 0 Å². The number of hydrogen-bond acceptors (Lipinski definition) is 3. The van der Waals surface area contributed by atoms with Gasteiger partial charge in [-0.3, -0.25) is 4.79 Å². The van der Waals surface area contributed by atoms with Gasteiger partial charge < -0.3 is 0 Å². The zero-order valence-corrected chi connectivity index (χ0v) is 17.6. The molecule has 0 bridgehead atoms. The van der Waals surface area contributed by atoms with Crippen LogP contribution in [0.5, 0.6) is 0 Å². The quantitative estimate of drug-likeness (QED) is 0.196. The Bertz CT molecular complexity index is 1180. The van der Waals surface area contributed by atoms with Crippen LogP contribution < -0.4 is 0 Å². The first kappa shape index (κ1) is 20.5. The van der Waals surface area contributed by atoms with Crippen LogP contribution in [0.25, 0.3) is 21.5 Å². The highest BCUT2D eigenvalue weighted by Crippen LogP contribution is 2.27. The summed E-state index contributed by atoms with van der Waals surface area (Å²) in [5.41, 5.74) is 3.25. The molecule has 4 rings (SSSR count). The van der Waals surface area contributed by atoms with Crippen LogP contribution >= 0.6 is 34.8 Å². The van der Waals surface area contributed by atoms with Crippen LogP contribution in [-0.4, -0.2) is 16.3 Å². The molecule has 2 aromatic heterocycles. The van der Waals surface area contributed by atoms with Crippen LogP contribution in [0.3, 0.4) is 0 Å². The fraction of sp³-hybridized carbons (Fsp3) is 0.136. The van der Waals surface area contributed by atoms with E-state index in [9.17, 15) is 4.79 Å². The molecule has 0 N–H and O–H groups in total. The number of carbonyl (C=O) groups excluding carboxylic acids is 1. The normalized spacial score (nSPS) is 10.6. The second kappa shape index (κ2) is 8.87. The Morgan fingerprint density at radius 3 is 1.79 bits per heavy atom. The van der Waals surface area contributed by atoms with Crippen LogP contribution in [0.2, 0.25) is 10.3 Å². The van der Waals surface area contributed by atoms with Gasteiger partial charge in [-0.05, 0) is 30.2 Å². The lowest BCUT2D eigenvalue weighted by atomic mass is 10.1. The number of alkyl halides is 1. The van der Waals surface area contributed by atoms with E-state index in [4.69, 9.17) is 34.8 Å². The van der Waals surface area contributed by atoms with E-state index in [1.165, 1.54) is 0 Å². The SMILES string of the molecule is Cc1nc(Cl)c2ccccc2c1C=O.Cc1nc(Cl)c2ccccc2c1CCl. The molecule has 2 aromatic carbocycles. The van der Waals surface area contributed by atoms with E-state index < -0.39 is 0 Å². The first-order valence-electron chi connectivity index (χ1n) is 8.57. The molecule has 0 spiro atoms. The predicted molar refractivity (Wildman–Crippen MR) is 118 cm³/mol. The van der Waals surface area contributed by atoms with Gasteiger partial charge in [0.1, 0.15) is 10.3 Å². The summed E-state index contributed by atoms with van der Waals surface area (Å²) in [6, 6.07) is 15.4. The summed E-state index contributed by atoms with van der Waals surface area (Å²) in [7, 11) is 0. The minimum atomic E-state index is 0.448. The van der Waals surface area contributed by atoms with Gasteiger partial charge in [0, 0.05) is 27.9 Å². The van der Waals surface area contributed by atoms with Gasteiger partial charge in [0.05, 0.1) is 5.69 Å². The highest BCUT2D eigenvalue weighted by molar-refractivity contribution is 6.35. The zero-order valence-electron chi connectivity index (χ0n) is 15.3. The number of carbonyl (C=O) groups is 1. The highest BCUT2D eigenvalue weighted by Gasteiger charge is 2.09. The van der Waals surface area contributed by atoms with E-state index in [0.29, 0.717) is 27.4 Å². The lowest BCUT2D eigenvalue weighted by Gasteiger charge is -2.07. The number of aryl methyl sites for hydroxylation is 2. The standard InChI is InChI=1S/C11H9Cl2N.C11H8ClNO/c1-7-10(6-12)8-4-2-3-5-9(8)11(13)14-7;1-7-10(6-14)8-4-2-3-5-9(8)11(12)13-7/h2-5H,6H2,1H3;2-6H,1H3.